The molecule has 33 heavy (non-hydrogen) atoms. The Labute approximate surface area is 191 Å². The zero-order valence-electron chi connectivity index (χ0n) is 18.3. The van der Waals surface area contributed by atoms with Gasteiger partial charge < -0.3 is 22.5 Å². The van der Waals surface area contributed by atoms with Crippen LogP contribution in [0.2, 0.25) is 0 Å². The van der Waals surface area contributed by atoms with Crippen LogP contribution in [0, 0.1) is 17.7 Å². The third-order valence-electron chi connectivity index (χ3n) is 5.93. The summed E-state index contributed by atoms with van der Waals surface area (Å²) in [4.78, 5) is 24.1. The molecule has 1 unspecified atom stereocenters. The predicted molar refractivity (Wildman–Crippen MR) is 124 cm³/mol. The normalized spacial score (nSPS) is 22.4. The molecule has 1 heterocycles. The zero-order chi connectivity index (χ0) is 23.8. The van der Waals surface area contributed by atoms with Crippen molar-refractivity contribution in [3.05, 3.63) is 59.9 Å². The van der Waals surface area contributed by atoms with E-state index in [2.05, 4.69) is 20.3 Å². The van der Waals surface area contributed by atoms with Crippen molar-refractivity contribution in [2.45, 2.75) is 43.8 Å². The minimum absolute atomic E-state index is 0.0933. The third kappa shape index (κ3) is 6.62. The maximum atomic E-state index is 13.8. The quantitative estimate of drug-likeness (QED) is 0.258. The number of amides is 1. The second-order valence-corrected chi connectivity index (χ2v) is 8.21. The van der Waals surface area contributed by atoms with Crippen LogP contribution in [0.3, 0.4) is 0 Å². The topological polar surface area (TPSA) is 145 Å². The number of aliphatic imine (C=N–C) groups is 2. The van der Waals surface area contributed by atoms with Gasteiger partial charge in [-0.25, -0.2) is 14.4 Å². The van der Waals surface area contributed by atoms with Crippen LogP contribution >= 0.6 is 0 Å². The molecule has 1 saturated carbocycles. The molecule has 10 heteroatoms. The lowest BCUT2D eigenvalue weighted by molar-refractivity contribution is -0.118. The first kappa shape index (κ1) is 24.4. The fourth-order valence-corrected chi connectivity index (χ4v) is 3.85. The molecule has 0 radical (unpaired) electrons. The van der Waals surface area contributed by atoms with E-state index in [9.17, 15) is 13.6 Å². The monoisotopic (exact) mass is 457 g/mol. The van der Waals surface area contributed by atoms with E-state index in [1.807, 2.05) is 6.07 Å². The molecule has 0 saturated heterocycles. The molecule has 0 aliphatic heterocycles. The van der Waals surface area contributed by atoms with Crippen LogP contribution in [-0.4, -0.2) is 41.1 Å². The molecule has 1 atom stereocenters. The number of rotatable bonds is 9. The fraction of sp³-hybridized carbons (Fsp3) is 0.391. The molecule has 0 spiro atoms. The molecule has 1 aliphatic carbocycles. The van der Waals surface area contributed by atoms with E-state index in [-0.39, 0.29) is 23.4 Å². The molecule has 2 aromatic rings. The summed E-state index contributed by atoms with van der Waals surface area (Å²) in [7, 11) is 0. The molecule has 1 aromatic carbocycles. The number of carbonyl (C=O) groups excluding carboxylic acids is 1. The van der Waals surface area contributed by atoms with Crippen LogP contribution < -0.4 is 22.5 Å². The standard InChI is InChI=1S/C23H29F2N7O/c24-19-4-2-1-3-15(19)12-30-16-5-8-23(14-26,9-6-16)31-13-18(22(28)33)21(27)32-17-7-10-29-20(25)11-17/h1-4,7,10-11,13,16,18,30H,5-6,8-9,12,14,26H2,(H2,28,33)(H2,27,29,32). The van der Waals surface area contributed by atoms with Gasteiger partial charge in [0.1, 0.15) is 17.6 Å². The summed E-state index contributed by atoms with van der Waals surface area (Å²) in [6.07, 6.45) is 5.60. The van der Waals surface area contributed by atoms with Crippen molar-refractivity contribution >= 4 is 23.6 Å². The van der Waals surface area contributed by atoms with Gasteiger partial charge in [0.15, 0.2) is 0 Å². The molecule has 8 nitrogen and oxygen atoms in total. The lowest BCUT2D eigenvalue weighted by Crippen LogP contribution is -2.45. The highest BCUT2D eigenvalue weighted by Gasteiger charge is 2.34. The van der Waals surface area contributed by atoms with Gasteiger partial charge in [0.2, 0.25) is 11.9 Å². The first-order valence-electron chi connectivity index (χ1n) is 10.8. The number of carbonyl (C=O) groups is 1. The largest absolute Gasteiger partial charge is 0.386 e. The van der Waals surface area contributed by atoms with Gasteiger partial charge >= 0.3 is 0 Å². The molecule has 1 amide bonds. The van der Waals surface area contributed by atoms with E-state index in [0.29, 0.717) is 31.5 Å². The summed E-state index contributed by atoms with van der Waals surface area (Å²) in [5.74, 6) is -2.81. The van der Waals surface area contributed by atoms with Crippen LogP contribution in [0.25, 0.3) is 0 Å². The third-order valence-corrected chi connectivity index (χ3v) is 5.93. The summed E-state index contributed by atoms with van der Waals surface area (Å²) in [6.45, 7) is 0.740. The van der Waals surface area contributed by atoms with E-state index in [1.165, 1.54) is 24.5 Å². The number of hydrogen-bond donors (Lipinski definition) is 4. The van der Waals surface area contributed by atoms with E-state index >= 15 is 0 Å². The summed E-state index contributed by atoms with van der Waals surface area (Å²) < 4.78 is 27.1. The molecular formula is C23H29F2N7O. The van der Waals surface area contributed by atoms with Gasteiger partial charge in [-0.15, -0.1) is 0 Å². The molecule has 176 valence electrons. The van der Waals surface area contributed by atoms with Crippen LogP contribution in [0.5, 0.6) is 0 Å². The summed E-state index contributed by atoms with van der Waals surface area (Å²) in [6, 6.07) is 9.45. The maximum absolute atomic E-state index is 13.8. The first-order chi connectivity index (χ1) is 15.8. The average molecular weight is 458 g/mol. The Hall–Kier alpha value is -3.24. The van der Waals surface area contributed by atoms with Gasteiger partial charge in [-0.2, -0.15) is 4.39 Å². The minimum Gasteiger partial charge on any atom is -0.386 e. The van der Waals surface area contributed by atoms with Gasteiger partial charge in [0, 0.05) is 43.2 Å². The van der Waals surface area contributed by atoms with Crippen molar-refractivity contribution in [2.24, 2.45) is 33.1 Å². The number of pyridine rings is 1. The number of nitrogens with two attached hydrogens (primary N) is 3. The predicted octanol–water partition coefficient (Wildman–Crippen LogP) is 1.95. The second-order valence-electron chi connectivity index (χ2n) is 8.21. The number of amidine groups is 1. The second kappa shape index (κ2) is 11.1. The molecule has 3 rings (SSSR count). The Morgan fingerprint density at radius 1 is 1.24 bits per heavy atom. The van der Waals surface area contributed by atoms with Crippen molar-refractivity contribution in [3.8, 4) is 0 Å². The number of nitrogens with zero attached hydrogens (tertiary/aromatic N) is 3. The molecule has 1 aromatic heterocycles. The number of nitrogens with one attached hydrogen (secondary N) is 1. The van der Waals surface area contributed by atoms with Crippen LogP contribution in [0.1, 0.15) is 31.2 Å². The van der Waals surface area contributed by atoms with Gasteiger partial charge in [-0.05, 0) is 37.8 Å². The lowest BCUT2D eigenvalue weighted by Gasteiger charge is -2.37. The Morgan fingerprint density at radius 2 is 1.97 bits per heavy atom. The average Bonchev–Trinajstić information content (AvgIpc) is 2.79. The minimum atomic E-state index is -1.05. The SMILES string of the molecule is NCC1(N=CC(C(N)=O)C(N)=Nc2ccnc(F)c2)CCC(NCc2ccccc2F)CC1. The highest BCUT2D eigenvalue weighted by atomic mass is 19.1. The van der Waals surface area contributed by atoms with E-state index in [1.54, 1.807) is 12.1 Å². The Balaban J connectivity index is 1.63. The number of primary amides is 1. The zero-order valence-corrected chi connectivity index (χ0v) is 18.3. The van der Waals surface area contributed by atoms with Crippen molar-refractivity contribution < 1.29 is 13.6 Å². The summed E-state index contributed by atoms with van der Waals surface area (Å²) in [5, 5.41) is 3.39. The Morgan fingerprint density at radius 3 is 2.61 bits per heavy atom. The summed E-state index contributed by atoms with van der Waals surface area (Å²) in [5.41, 5.74) is 17.8. The molecular weight excluding hydrogens is 428 g/mol. The van der Waals surface area contributed by atoms with Crippen LogP contribution in [-0.2, 0) is 11.3 Å². The van der Waals surface area contributed by atoms with Gasteiger partial charge in [-0.1, -0.05) is 18.2 Å². The molecule has 1 aliphatic rings. The van der Waals surface area contributed by atoms with Crippen molar-refractivity contribution in [2.75, 3.05) is 6.54 Å². The smallest absolute Gasteiger partial charge is 0.233 e. The summed E-state index contributed by atoms with van der Waals surface area (Å²) >= 11 is 0. The van der Waals surface area contributed by atoms with Crippen LogP contribution in [0.4, 0.5) is 14.5 Å². The lowest BCUT2D eigenvalue weighted by atomic mass is 9.79. The van der Waals surface area contributed by atoms with Gasteiger partial charge in [-0.3, -0.25) is 9.79 Å². The highest BCUT2D eigenvalue weighted by Crippen LogP contribution is 2.31. The Kier molecular flexibility index (Phi) is 8.18. The maximum Gasteiger partial charge on any atom is 0.233 e. The first-order valence-corrected chi connectivity index (χ1v) is 10.8. The van der Waals surface area contributed by atoms with E-state index in [4.69, 9.17) is 17.2 Å². The molecule has 7 N–H and O–H groups in total. The number of halogens is 2. The van der Waals surface area contributed by atoms with Crippen molar-refractivity contribution in [1.29, 1.82) is 0 Å². The van der Waals surface area contributed by atoms with Crippen molar-refractivity contribution in [3.63, 3.8) is 0 Å². The van der Waals surface area contributed by atoms with E-state index < -0.39 is 23.3 Å². The van der Waals surface area contributed by atoms with Crippen LogP contribution in [0.15, 0.2) is 52.6 Å². The number of hydrogen-bond acceptors (Lipinski definition) is 6. The van der Waals surface area contributed by atoms with Gasteiger partial charge in [0.05, 0.1) is 11.2 Å². The Bertz CT molecular complexity index is 1020. The molecule has 1 fully saturated rings. The number of aromatic nitrogens is 1. The van der Waals surface area contributed by atoms with E-state index in [0.717, 1.165) is 18.9 Å². The van der Waals surface area contributed by atoms with Crippen molar-refractivity contribution in [1.82, 2.24) is 10.3 Å². The van der Waals surface area contributed by atoms with Gasteiger partial charge in [0.25, 0.3) is 0 Å². The fourth-order valence-electron chi connectivity index (χ4n) is 3.85. The number of benzene rings is 1. The highest BCUT2D eigenvalue weighted by molar-refractivity contribution is 6.14. The molecule has 0 bridgehead atoms.